The second-order valence-electron chi connectivity index (χ2n) is 23.8. The van der Waals surface area contributed by atoms with Crippen LogP contribution < -0.4 is 56.6 Å². The molecule has 13 aromatic rings. The number of fused-ring (bicyclic) bond motifs is 6. The van der Waals surface area contributed by atoms with E-state index in [0.717, 1.165) is 74.0 Å². The lowest BCUT2D eigenvalue weighted by Gasteiger charge is -2.38. The molecule has 3 nitrogen and oxygen atoms in total. The number of aryl methyl sites for hydroxylation is 5. The lowest BCUT2D eigenvalue weighted by Crippen LogP contribution is -2.74. The van der Waals surface area contributed by atoms with E-state index in [1.807, 2.05) is 49.4 Å². The first-order valence-corrected chi connectivity index (χ1v) is 39.0. The highest BCUT2D eigenvalue weighted by Crippen LogP contribution is 2.49. The molecule has 1 aliphatic rings. The quantitative estimate of drug-likeness (QED) is 0.109. The zero-order valence-corrected chi connectivity index (χ0v) is 62.5. The van der Waals surface area contributed by atoms with Crippen molar-refractivity contribution in [3.05, 3.63) is 365 Å². The molecule has 13 aromatic carbocycles. The molecule has 0 fully saturated rings. The van der Waals surface area contributed by atoms with Crippen LogP contribution in [0.5, 0.6) is 0 Å². The zero-order chi connectivity index (χ0) is 65.5. The number of rotatable bonds is 10. The molecular formula is C83H67Br4Cl2N3Si2. The standard InChI is InChI=1S/C44H34BrClN2Si.C26H22Br2Si.C13H11BrClN/c1-31-23-36-29-40(25-31)49(38-19-11-5-12-20-38,39-21-13-6-14-22-39)41-26-32(2)24-37(30-41)48(35-17-9-4-10-18-35)43-28-33(46)27-42(44(43)45)47(36)34-15-7-3-8-16-34;1-19-13-21(27)17-25(15-19)29(23-9-5-3-6-10-23,24-11-7-4-8-12-24)26-16-20(2)14-22(28)18-26;1-9-7-10(15)8-12(13(9)14)16-11-5-3-2-4-6-11/h3-30H,1-2H3;3-18H,1-2H3;2-8,16H,1H3. The van der Waals surface area contributed by atoms with Crippen LogP contribution in [0.1, 0.15) is 27.8 Å². The van der Waals surface area contributed by atoms with Crippen LogP contribution in [0.2, 0.25) is 10.0 Å². The average Bonchev–Trinajstić information content (AvgIpc) is 0.727. The number of anilines is 8. The number of benzene rings is 13. The number of nitrogens with zero attached hydrogens (tertiary/aromatic N) is 2. The number of hydrogen-bond donors (Lipinski definition) is 1. The maximum absolute atomic E-state index is 7.10. The summed E-state index contributed by atoms with van der Waals surface area (Å²) in [6, 6.07) is 112. The molecule has 0 aliphatic carbocycles. The molecule has 1 heterocycles. The smallest absolute Gasteiger partial charge is 0.179 e. The van der Waals surface area contributed by atoms with Crippen LogP contribution >= 0.6 is 86.9 Å². The summed E-state index contributed by atoms with van der Waals surface area (Å²) in [6.07, 6.45) is 0. The number of hydrogen-bond acceptors (Lipinski definition) is 3. The van der Waals surface area contributed by atoms with Crippen molar-refractivity contribution in [3.63, 3.8) is 0 Å². The molecule has 0 amide bonds. The molecule has 1 N–H and O–H groups in total. The van der Waals surface area contributed by atoms with Gasteiger partial charge in [0.1, 0.15) is 0 Å². The second-order valence-corrected chi connectivity index (χ2v) is 35.7. The first kappa shape index (κ1) is 66.2. The van der Waals surface area contributed by atoms with Crippen LogP contribution in [0.15, 0.2) is 327 Å². The summed E-state index contributed by atoms with van der Waals surface area (Å²) in [5.74, 6) is 0. The maximum Gasteiger partial charge on any atom is 0.179 e. The highest BCUT2D eigenvalue weighted by atomic mass is 79.9. The fourth-order valence-corrected chi connectivity index (χ4v) is 26.3. The van der Waals surface area contributed by atoms with Crippen molar-refractivity contribution in [2.75, 3.05) is 15.1 Å². The topological polar surface area (TPSA) is 18.5 Å². The molecule has 14 rings (SSSR count). The van der Waals surface area contributed by atoms with Gasteiger partial charge in [-0.25, -0.2) is 0 Å². The fraction of sp³-hybridized carbons (Fsp3) is 0.0602. The maximum atomic E-state index is 7.10. The van der Waals surface area contributed by atoms with Gasteiger partial charge in [0.15, 0.2) is 16.1 Å². The molecule has 11 heteroatoms. The predicted octanol–water partition coefficient (Wildman–Crippen LogP) is 20.7. The van der Waals surface area contributed by atoms with E-state index in [4.69, 9.17) is 23.2 Å². The molecule has 0 unspecified atom stereocenters. The first-order valence-electron chi connectivity index (χ1n) is 31.1. The summed E-state index contributed by atoms with van der Waals surface area (Å²) in [5, 5.41) is 15.6. The Balaban J connectivity index is 0.000000158. The Morgan fingerprint density at radius 2 is 0.681 bits per heavy atom. The van der Waals surface area contributed by atoms with E-state index >= 15 is 0 Å². The van der Waals surface area contributed by atoms with E-state index in [0.29, 0.717) is 5.02 Å². The zero-order valence-electron chi connectivity index (χ0n) is 52.6. The Kier molecular flexibility index (Phi) is 20.7. The van der Waals surface area contributed by atoms with Crippen LogP contribution in [0.4, 0.5) is 45.5 Å². The van der Waals surface area contributed by atoms with Crippen molar-refractivity contribution in [3.8, 4) is 0 Å². The molecule has 0 saturated heterocycles. The van der Waals surface area contributed by atoms with Crippen LogP contribution in [0.25, 0.3) is 0 Å². The van der Waals surface area contributed by atoms with Crippen molar-refractivity contribution in [2.45, 2.75) is 34.6 Å². The van der Waals surface area contributed by atoms with Gasteiger partial charge in [-0.2, -0.15) is 0 Å². The highest BCUT2D eigenvalue weighted by Gasteiger charge is 2.44. The number of para-hydroxylation sites is 3. The van der Waals surface area contributed by atoms with E-state index in [-0.39, 0.29) is 0 Å². The minimum Gasteiger partial charge on any atom is -0.355 e. The molecule has 0 aromatic heterocycles. The lowest BCUT2D eigenvalue weighted by atomic mass is 10.1. The van der Waals surface area contributed by atoms with E-state index in [1.54, 1.807) is 0 Å². The molecular weight excluding hydrogens is 1490 g/mol. The minimum atomic E-state index is -2.92. The fourth-order valence-electron chi connectivity index (χ4n) is 13.3. The van der Waals surface area contributed by atoms with Crippen molar-refractivity contribution in [1.82, 2.24) is 0 Å². The SMILES string of the molecule is Cc1cc(Br)cc([Si](c2ccccc2)(c2ccccc2)c2cc(C)cc(Br)c2)c1.Cc1cc(Cl)cc(Nc2ccccc2)c1Br.Cc1cc2cc(c1)[Si](c1ccccc1)(c1ccccc1)c1cc(C)cc(c1)N(c1ccccc1)c1cc(Cl)cc(c1Br)N2c1ccccc1. The van der Waals surface area contributed by atoms with Crippen LogP contribution in [-0.4, -0.2) is 16.1 Å². The van der Waals surface area contributed by atoms with E-state index in [2.05, 4.69) is 373 Å². The third-order valence-corrected chi connectivity index (χ3v) is 29.7. The van der Waals surface area contributed by atoms with Gasteiger partial charge in [0.2, 0.25) is 0 Å². The Morgan fingerprint density at radius 1 is 0.319 bits per heavy atom. The van der Waals surface area contributed by atoms with Gasteiger partial charge < -0.3 is 15.1 Å². The summed E-state index contributed by atoms with van der Waals surface area (Å²) >= 11 is 28.4. The average molecular weight is 1550 g/mol. The summed E-state index contributed by atoms with van der Waals surface area (Å²) in [7, 11) is -5.40. The largest absolute Gasteiger partial charge is 0.355 e. The third kappa shape index (κ3) is 14.0. The lowest BCUT2D eigenvalue weighted by molar-refractivity contribution is 1.23. The second kappa shape index (κ2) is 29.5. The van der Waals surface area contributed by atoms with Gasteiger partial charge >= 0.3 is 0 Å². The van der Waals surface area contributed by atoms with Crippen molar-refractivity contribution >= 4 is 190 Å². The number of nitrogens with one attached hydrogen (secondary N) is 1. The van der Waals surface area contributed by atoms with Gasteiger partial charge in [-0.3, -0.25) is 0 Å². The van der Waals surface area contributed by atoms with Crippen LogP contribution in [-0.2, 0) is 0 Å². The molecule has 6 bridgehead atoms. The van der Waals surface area contributed by atoms with E-state index in [9.17, 15) is 0 Å². The van der Waals surface area contributed by atoms with Crippen molar-refractivity contribution in [2.24, 2.45) is 0 Å². The molecule has 1 aliphatic heterocycles. The summed E-state index contributed by atoms with van der Waals surface area (Å²) in [5.41, 5.74) is 14.3. The van der Waals surface area contributed by atoms with Gasteiger partial charge in [0.05, 0.1) is 21.5 Å². The summed E-state index contributed by atoms with van der Waals surface area (Å²) in [4.78, 5) is 4.69. The molecule has 94 heavy (non-hydrogen) atoms. The molecule has 0 atom stereocenters. The Labute approximate surface area is 599 Å². The summed E-state index contributed by atoms with van der Waals surface area (Å²) < 4.78 is 4.25. The van der Waals surface area contributed by atoms with Crippen molar-refractivity contribution < 1.29 is 0 Å². The predicted molar refractivity (Wildman–Crippen MR) is 424 cm³/mol. The van der Waals surface area contributed by atoms with Gasteiger partial charge in [-0.15, -0.1) is 0 Å². The van der Waals surface area contributed by atoms with Gasteiger partial charge in [0.25, 0.3) is 0 Å². The molecule has 464 valence electrons. The van der Waals surface area contributed by atoms with Gasteiger partial charge in [0, 0.05) is 51.9 Å². The monoisotopic (exact) mass is 1550 g/mol. The first-order chi connectivity index (χ1) is 45.6. The van der Waals surface area contributed by atoms with Gasteiger partial charge in [-0.05, 0) is 234 Å². The molecule has 0 saturated carbocycles. The third-order valence-electron chi connectivity index (χ3n) is 17.1. The summed E-state index contributed by atoms with van der Waals surface area (Å²) in [6.45, 7) is 10.8. The Hall–Kier alpha value is -7.81. The number of halogens is 6. The van der Waals surface area contributed by atoms with Crippen LogP contribution in [0.3, 0.4) is 0 Å². The van der Waals surface area contributed by atoms with E-state index in [1.165, 1.54) is 63.7 Å². The van der Waals surface area contributed by atoms with Crippen molar-refractivity contribution in [1.29, 1.82) is 0 Å². The minimum absolute atomic E-state index is 0.658. The van der Waals surface area contributed by atoms with Crippen LogP contribution in [0, 0.1) is 34.6 Å². The highest BCUT2D eigenvalue weighted by molar-refractivity contribution is 9.11. The normalized spacial score (nSPS) is 12.2. The molecule has 0 spiro atoms. The Morgan fingerprint density at radius 3 is 1.09 bits per heavy atom. The van der Waals surface area contributed by atoms with E-state index < -0.39 is 16.1 Å². The van der Waals surface area contributed by atoms with Gasteiger partial charge in [-0.1, -0.05) is 266 Å². The Bertz CT molecular complexity index is 4490. The molecule has 0 radical (unpaired) electrons.